The van der Waals surface area contributed by atoms with Crippen molar-refractivity contribution in [2.24, 2.45) is 5.92 Å². The fourth-order valence-electron chi connectivity index (χ4n) is 3.35. The topological polar surface area (TPSA) is 58.2 Å². The van der Waals surface area contributed by atoms with Gasteiger partial charge >= 0.3 is 0 Å². The Balaban J connectivity index is 1.51. The van der Waals surface area contributed by atoms with E-state index in [0.29, 0.717) is 27.0 Å². The first-order chi connectivity index (χ1) is 14.7. The number of carbonyl (C=O) groups is 2. The summed E-state index contributed by atoms with van der Waals surface area (Å²) in [5, 5.41) is 10.3. The first-order valence-electron chi connectivity index (χ1n) is 8.94. The zero-order chi connectivity index (χ0) is 22.3. The third-order valence-corrected chi connectivity index (χ3v) is 7.23. The number of hydrogen-bond donors (Lipinski definition) is 2. The van der Waals surface area contributed by atoms with Crippen LogP contribution in [0.25, 0.3) is 0 Å². The van der Waals surface area contributed by atoms with Crippen molar-refractivity contribution in [1.82, 2.24) is 0 Å². The minimum absolute atomic E-state index is 0.225. The van der Waals surface area contributed by atoms with Crippen molar-refractivity contribution in [1.29, 1.82) is 0 Å². The van der Waals surface area contributed by atoms with E-state index < -0.39 is 22.1 Å². The van der Waals surface area contributed by atoms with Gasteiger partial charge in [0.25, 0.3) is 5.91 Å². The zero-order valence-electron chi connectivity index (χ0n) is 15.5. The standard InChI is InChI=1S/C21H13Cl5N2O2S/c22-11-5-10(6-12(23)7-11)17-18(21(17,25)26)20(30)27-13-1-2-16(24)15(8-13)19(29)28-14-3-4-31-9-14/h1-9,17-18H,(H,27,30)(H,28,29)/t17-,18+/m0/s1. The molecule has 1 heterocycles. The molecule has 4 nitrogen and oxygen atoms in total. The smallest absolute Gasteiger partial charge is 0.257 e. The predicted molar refractivity (Wildman–Crippen MR) is 129 cm³/mol. The van der Waals surface area contributed by atoms with E-state index in [-0.39, 0.29) is 16.5 Å². The van der Waals surface area contributed by atoms with Crippen LogP contribution in [-0.2, 0) is 4.79 Å². The predicted octanol–water partition coefficient (Wildman–Crippen LogP) is 7.49. The van der Waals surface area contributed by atoms with E-state index in [1.165, 1.54) is 23.5 Å². The monoisotopic (exact) mass is 532 g/mol. The molecule has 1 saturated carbocycles. The maximum atomic E-state index is 12.9. The van der Waals surface area contributed by atoms with Gasteiger partial charge in [-0.2, -0.15) is 11.3 Å². The Kier molecular flexibility index (Phi) is 6.46. The van der Waals surface area contributed by atoms with Gasteiger partial charge in [-0.3, -0.25) is 9.59 Å². The molecule has 4 rings (SSSR count). The Labute approximate surface area is 207 Å². The van der Waals surface area contributed by atoms with Crippen LogP contribution >= 0.6 is 69.3 Å². The highest BCUT2D eigenvalue weighted by Gasteiger charge is 2.67. The first kappa shape index (κ1) is 22.7. The fraction of sp³-hybridized carbons (Fsp3) is 0.143. The van der Waals surface area contributed by atoms with Crippen molar-refractivity contribution >= 4 is 92.5 Å². The molecular weight excluding hydrogens is 522 g/mol. The molecule has 2 amide bonds. The lowest BCUT2D eigenvalue weighted by atomic mass is 10.1. The lowest BCUT2D eigenvalue weighted by molar-refractivity contribution is -0.117. The van der Waals surface area contributed by atoms with Crippen molar-refractivity contribution in [2.75, 3.05) is 10.6 Å². The summed E-state index contributed by atoms with van der Waals surface area (Å²) in [5.74, 6) is -1.97. The Morgan fingerprint density at radius 1 is 0.903 bits per heavy atom. The second kappa shape index (κ2) is 8.81. The number of benzene rings is 2. The number of thiophene rings is 1. The van der Waals surface area contributed by atoms with Gasteiger partial charge in [-0.05, 0) is 53.4 Å². The van der Waals surface area contributed by atoms with Gasteiger partial charge in [0.1, 0.15) is 4.33 Å². The van der Waals surface area contributed by atoms with E-state index in [1.54, 1.807) is 35.7 Å². The number of amides is 2. The molecule has 0 bridgehead atoms. The Bertz CT molecular complexity index is 1150. The molecule has 1 aromatic heterocycles. The minimum Gasteiger partial charge on any atom is -0.326 e. The van der Waals surface area contributed by atoms with Crippen LogP contribution in [0.1, 0.15) is 21.8 Å². The highest BCUT2D eigenvalue weighted by atomic mass is 35.5. The Morgan fingerprint density at radius 3 is 2.26 bits per heavy atom. The van der Waals surface area contributed by atoms with E-state index >= 15 is 0 Å². The SMILES string of the molecule is O=C(Nc1ccsc1)c1cc(NC(=O)[C@H]2[C@H](c3cc(Cl)cc(Cl)c3)C2(Cl)Cl)ccc1Cl. The summed E-state index contributed by atoms with van der Waals surface area (Å²) in [5.41, 5.74) is 1.96. The van der Waals surface area contributed by atoms with Crippen molar-refractivity contribution in [2.45, 2.75) is 10.3 Å². The van der Waals surface area contributed by atoms with Gasteiger partial charge in [0, 0.05) is 27.0 Å². The third-order valence-electron chi connectivity index (χ3n) is 4.84. The van der Waals surface area contributed by atoms with Gasteiger partial charge in [-0.15, -0.1) is 23.2 Å². The maximum absolute atomic E-state index is 12.9. The van der Waals surface area contributed by atoms with E-state index in [0.717, 1.165) is 0 Å². The second-order valence-electron chi connectivity index (χ2n) is 6.98. The van der Waals surface area contributed by atoms with Crippen LogP contribution in [0, 0.1) is 5.92 Å². The average Bonchev–Trinajstić information content (AvgIpc) is 2.99. The summed E-state index contributed by atoms with van der Waals surface area (Å²) in [4.78, 5) is 25.4. The maximum Gasteiger partial charge on any atom is 0.257 e. The molecule has 2 atom stereocenters. The normalized spacial score (nSPS) is 19.0. The van der Waals surface area contributed by atoms with Crippen LogP contribution in [0.15, 0.2) is 53.2 Å². The highest BCUT2D eigenvalue weighted by molar-refractivity contribution is 7.08. The summed E-state index contributed by atoms with van der Waals surface area (Å²) >= 11 is 32.6. The molecule has 1 fully saturated rings. The number of anilines is 2. The molecule has 0 spiro atoms. The summed E-state index contributed by atoms with van der Waals surface area (Å²) in [7, 11) is 0. The van der Waals surface area contributed by atoms with Crippen molar-refractivity contribution in [3.63, 3.8) is 0 Å². The van der Waals surface area contributed by atoms with Gasteiger partial charge in [0.05, 0.1) is 22.2 Å². The third kappa shape index (κ3) is 4.82. The van der Waals surface area contributed by atoms with Crippen LogP contribution in [0.3, 0.4) is 0 Å². The van der Waals surface area contributed by atoms with Crippen LogP contribution in [0.5, 0.6) is 0 Å². The zero-order valence-corrected chi connectivity index (χ0v) is 20.1. The molecule has 2 N–H and O–H groups in total. The van der Waals surface area contributed by atoms with Gasteiger partial charge in [0.15, 0.2) is 0 Å². The van der Waals surface area contributed by atoms with Crippen LogP contribution in [0.2, 0.25) is 15.1 Å². The van der Waals surface area contributed by atoms with Crippen LogP contribution < -0.4 is 10.6 Å². The molecule has 0 saturated heterocycles. The highest BCUT2D eigenvalue weighted by Crippen LogP contribution is 2.65. The molecule has 10 heteroatoms. The number of alkyl halides is 2. The molecule has 160 valence electrons. The quantitative estimate of drug-likeness (QED) is 0.333. The van der Waals surface area contributed by atoms with Gasteiger partial charge in [-0.25, -0.2) is 0 Å². The molecule has 0 radical (unpaired) electrons. The largest absolute Gasteiger partial charge is 0.326 e. The Morgan fingerprint density at radius 2 is 1.61 bits per heavy atom. The number of rotatable bonds is 5. The summed E-state index contributed by atoms with van der Waals surface area (Å²) < 4.78 is -1.30. The Hall–Kier alpha value is -1.47. The van der Waals surface area contributed by atoms with Crippen LogP contribution in [0.4, 0.5) is 11.4 Å². The number of nitrogens with one attached hydrogen (secondary N) is 2. The van der Waals surface area contributed by atoms with E-state index in [9.17, 15) is 9.59 Å². The number of halogens is 5. The first-order valence-corrected chi connectivity index (χ1v) is 11.8. The minimum atomic E-state index is -1.30. The van der Waals surface area contributed by atoms with Crippen LogP contribution in [-0.4, -0.2) is 16.1 Å². The van der Waals surface area contributed by atoms with Gasteiger partial charge in [-0.1, -0.05) is 34.8 Å². The molecule has 0 unspecified atom stereocenters. The van der Waals surface area contributed by atoms with Crippen molar-refractivity contribution < 1.29 is 9.59 Å². The lowest BCUT2D eigenvalue weighted by Crippen LogP contribution is -2.18. The van der Waals surface area contributed by atoms with Gasteiger partial charge in [0.2, 0.25) is 5.91 Å². The molecule has 31 heavy (non-hydrogen) atoms. The summed E-state index contributed by atoms with van der Waals surface area (Å²) in [6.45, 7) is 0. The molecule has 2 aromatic carbocycles. The van der Waals surface area contributed by atoms with E-state index in [4.69, 9.17) is 58.0 Å². The number of carbonyl (C=O) groups excluding carboxylic acids is 2. The molecular formula is C21H13Cl5N2O2S. The average molecular weight is 535 g/mol. The van der Waals surface area contributed by atoms with Crippen molar-refractivity contribution in [3.05, 3.63) is 79.4 Å². The van der Waals surface area contributed by atoms with E-state index in [2.05, 4.69) is 10.6 Å². The second-order valence-corrected chi connectivity index (χ2v) is 10.5. The fourth-order valence-corrected chi connectivity index (χ4v) is 5.52. The summed E-state index contributed by atoms with van der Waals surface area (Å²) in [6, 6.07) is 11.4. The molecule has 3 aromatic rings. The van der Waals surface area contributed by atoms with Crippen molar-refractivity contribution in [3.8, 4) is 0 Å². The molecule has 1 aliphatic rings. The molecule has 0 aliphatic heterocycles. The lowest BCUT2D eigenvalue weighted by Gasteiger charge is -2.10. The molecule has 1 aliphatic carbocycles. The van der Waals surface area contributed by atoms with E-state index in [1.807, 2.05) is 5.38 Å². The number of hydrogen-bond acceptors (Lipinski definition) is 3. The van der Waals surface area contributed by atoms with Gasteiger partial charge < -0.3 is 10.6 Å². The summed E-state index contributed by atoms with van der Waals surface area (Å²) in [6.07, 6.45) is 0.